The van der Waals surface area contributed by atoms with E-state index in [9.17, 15) is 0 Å². The van der Waals surface area contributed by atoms with E-state index in [-0.39, 0.29) is 0 Å². The van der Waals surface area contributed by atoms with Gasteiger partial charge in [-0.3, -0.25) is 0 Å². The first-order valence-electron chi connectivity index (χ1n) is 6.62. The van der Waals surface area contributed by atoms with E-state index in [1.807, 2.05) is 12.1 Å². The van der Waals surface area contributed by atoms with Crippen LogP contribution in [0.4, 0.5) is 0 Å². The maximum atomic E-state index is 5.75. The third kappa shape index (κ3) is 5.75. The van der Waals surface area contributed by atoms with E-state index in [4.69, 9.17) is 11.2 Å². The standard InChI is InChI=1S/C16H23NO/c1-4-6-9-15(17-5-2)11-12-18-16-10-7-8-14(3)13-16/h1,7-8,10,13,15,17H,5-6,9,11-12H2,2-3H3. The van der Waals surface area contributed by atoms with Crippen molar-refractivity contribution in [2.75, 3.05) is 13.2 Å². The average molecular weight is 245 g/mol. The fourth-order valence-electron chi connectivity index (χ4n) is 1.92. The average Bonchev–Trinajstić information content (AvgIpc) is 2.36. The van der Waals surface area contributed by atoms with Crippen molar-refractivity contribution in [1.82, 2.24) is 5.32 Å². The first-order valence-corrected chi connectivity index (χ1v) is 6.62. The molecule has 1 unspecified atom stereocenters. The molecule has 0 aliphatic rings. The zero-order chi connectivity index (χ0) is 13.2. The van der Waals surface area contributed by atoms with Crippen LogP contribution in [-0.4, -0.2) is 19.2 Å². The summed E-state index contributed by atoms with van der Waals surface area (Å²) >= 11 is 0. The molecule has 2 heteroatoms. The van der Waals surface area contributed by atoms with Gasteiger partial charge in [-0.2, -0.15) is 0 Å². The molecule has 0 saturated heterocycles. The van der Waals surface area contributed by atoms with Gasteiger partial charge in [-0.1, -0.05) is 19.1 Å². The van der Waals surface area contributed by atoms with Gasteiger partial charge in [-0.05, 0) is 44.0 Å². The van der Waals surface area contributed by atoms with E-state index >= 15 is 0 Å². The lowest BCUT2D eigenvalue weighted by Crippen LogP contribution is -2.30. The summed E-state index contributed by atoms with van der Waals surface area (Å²) in [4.78, 5) is 0. The molecule has 0 spiro atoms. The molecule has 1 aromatic rings. The van der Waals surface area contributed by atoms with Gasteiger partial charge in [0.1, 0.15) is 5.75 Å². The van der Waals surface area contributed by atoms with Crippen LogP contribution in [-0.2, 0) is 0 Å². The highest BCUT2D eigenvalue weighted by molar-refractivity contribution is 5.27. The Morgan fingerprint density at radius 1 is 1.39 bits per heavy atom. The number of hydrogen-bond donors (Lipinski definition) is 1. The van der Waals surface area contributed by atoms with Crippen LogP contribution in [0.1, 0.15) is 31.7 Å². The first-order chi connectivity index (χ1) is 8.76. The number of nitrogens with one attached hydrogen (secondary N) is 1. The fourth-order valence-corrected chi connectivity index (χ4v) is 1.92. The minimum Gasteiger partial charge on any atom is -0.494 e. The number of hydrogen-bond acceptors (Lipinski definition) is 2. The van der Waals surface area contributed by atoms with Crippen molar-refractivity contribution in [2.45, 2.75) is 39.2 Å². The van der Waals surface area contributed by atoms with Crippen molar-refractivity contribution >= 4 is 0 Å². The van der Waals surface area contributed by atoms with Crippen molar-refractivity contribution < 1.29 is 4.74 Å². The van der Waals surface area contributed by atoms with Crippen LogP contribution in [0.2, 0.25) is 0 Å². The van der Waals surface area contributed by atoms with Gasteiger partial charge in [0.2, 0.25) is 0 Å². The van der Waals surface area contributed by atoms with Crippen LogP contribution in [0.25, 0.3) is 0 Å². The fraction of sp³-hybridized carbons (Fsp3) is 0.500. The van der Waals surface area contributed by atoms with Crippen molar-refractivity contribution in [2.24, 2.45) is 0 Å². The van der Waals surface area contributed by atoms with Gasteiger partial charge in [-0.15, -0.1) is 12.3 Å². The van der Waals surface area contributed by atoms with Crippen molar-refractivity contribution in [3.8, 4) is 18.1 Å². The zero-order valence-corrected chi connectivity index (χ0v) is 11.4. The Morgan fingerprint density at radius 2 is 2.22 bits per heavy atom. The summed E-state index contributed by atoms with van der Waals surface area (Å²) in [6, 6.07) is 8.60. The molecule has 1 rings (SSSR count). The molecule has 0 aliphatic carbocycles. The monoisotopic (exact) mass is 245 g/mol. The van der Waals surface area contributed by atoms with E-state index in [1.165, 1.54) is 5.56 Å². The Balaban J connectivity index is 2.31. The molecule has 0 amide bonds. The second-order valence-electron chi connectivity index (χ2n) is 4.45. The number of ether oxygens (including phenoxy) is 1. The molecular formula is C16H23NO. The maximum Gasteiger partial charge on any atom is 0.119 e. The lowest BCUT2D eigenvalue weighted by molar-refractivity contribution is 0.282. The van der Waals surface area contributed by atoms with Gasteiger partial charge in [0.15, 0.2) is 0 Å². The molecule has 0 aromatic heterocycles. The number of aryl methyl sites for hydroxylation is 1. The second kappa shape index (κ2) is 8.60. The molecule has 1 atom stereocenters. The minimum absolute atomic E-state index is 0.454. The Bertz CT molecular complexity index is 381. The Kier molecular flexibility index (Phi) is 6.98. The van der Waals surface area contributed by atoms with E-state index in [0.717, 1.165) is 38.2 Å². The molecule has 1 N–H and O–H groups in total. The Hall–Kier alpha value is -1.46. The molecule has 0 aliphatic heterocycles. The molecule has 0 fully saturated rings. The van der Waals surface area contributed by atoms with Gasteiger partial charge < -0.3 is 10.1 Å². The highest BCUT2D eigenvalue weighted by Crippen LogP contribution is 2.13. The molecule has 0 radical (unpaired) electrons. The van der Waals surface area contributed by atoms with Crippen LogP contribution in [0.15, 0.2) is 24.3 Å². The van der Waals surface area contributed by atoms with Gasteiger partial charge in [-0.25, -0.2) is 0 Å². The normalized spacial score (nSPS) is 11.8. The lowest BCUT2D eigenvalue weighted by Gasteiger charge is -2.17. The van der Waals surface area contributed by atoms with Crippen LogP contribution in [0, 0.1) is 19.3 Å². The first kappa shape index (κ1) is 14.6. The van der Waals surface area contributed by atoms with E-state index in [1.54, 1.807) is 0 Å². The summed E-state index contributed by atoms with van der Waals surface area (Å²) in [7, 11) is 0. The maximum absolute atomic E-state index is 5.75. The van der Waals surface area contributed by atoms with Gasteiger partial charge >= 0.3 is 0 Å². The largest absolute Gasteiger partial charge is 0.494 e. The molecule has 2 nitrogen and oxygen atoms in total. The smallest absolute Gasteiger partial charge is 0.119 e. The summed E-state index contributed by atoms with van der Waals surface area (Å²) in [5, 5.41) is 3.44. The molecule has 0 saturated carbocycles. The Labute approximate surface area is 111 Å². The molecular weight excluding hydrogens is 222 g/mol. The van der Waals surface area contributed by atoms with Crippen molar-refractivity contribution in [3.63, 3.8) is 0 Å². The van der Waals surface area contributed by atoms with Gasteiger partial charge in [0, 0.05) is 12.5 Å². The molecule has 0 heterocycles. The lowest BCUT2D eigenvalue weighted by atomic mass is 10.1. The van der Waals surface area contributed by atoms with Crippen molar-refractivity contribution in [3.05, 3.63) is 29.8 Å². The summed E-state index contributed by atoms with van der Waals surface area (Å²) in [6.45, 7) is 5.89. The van der Waals surface area contributed by atoms with Gasteiger partial charge in [0.25, 0.3) is 0 Å². The van der Waals surface area contributed by atoms with E-state index in [2.05, 4.69) is 37.2 Å². The number of benzene rings is 1. The molecule has 1 aromatic carbocycles. The quantitative estimate of drug-likeness (QED) is 0.710. The minimum atomic E-state index is 0.454. The third-order valence-electron chi connectivity index (χ3n) is 2.85. The highest BCUT2D eigenvalue weighted by atomic mass is 16.5. The SMILES string of the molecule is C#CCCC(CCOc1cccc(C)c1)NCC. The zero-order valence-electron chi connectivity index (χ0n) is 11.4. The highest BCUT2D eigenvalue weighted by Gasteiger charge is 2.06. The topological polar surface area (TPSA) is 21.3 Å². The van der Waals surface area contributed by atoms with Crippen LogP contribution in [0.5, 0.6) is 5.75 Å². The van der Waals surface area contributed by atoms with Gasteiger partial charge in [0.05, 0.1) is 6.61 Å². The molecule has 18 heavy (non-hydrogen) atoms. The Morgan fingerprint density at radius 3 is 2.89 bits per heavy atom. The molecule has 98 valence electrons. The summed E-state index contributed by atoms with van der Waals surface area (Å²) in [5.74, 6) is 3.64. The predicted octanol–water partition coefficient (Wildman–Crippen LogP) is 3.16. The summed E-state index contributed by atoms with van der Waals surface area (Å²) in [6.07, 6.45) is 8.13. The van der Waals surface area contributed by atoms with E-state index < -0.39 is 0 Å². The predicted molar refractivity (Wildman–Crippen MR) is 76.8 cm³/mol. The van der Waals surface area contributed by atoms with Crippen LogP contribution in [0.3, 0.4) is 0 Å². The summed E-state index contributed by atoms with van der Waals surface area (Å²) in [5.41, 5.74) is 1.23. The number of terminal acetylenes is 1. The third-order valence-corrected chi connectivity index (χ3v) is 2.85. The molecule has 0 bridgehead atoms. The van der Waals surface area contributed by atoms with Crippen LogP contribution < -0.4 is 10.1 Å². The van der Waals surface area contributed by atoms with Crippen LogP contribution >= 0.6 is 0 Å². The number of rotatable bonds is 8. The summed E-state index contributed by atoms with van der Waals surface area (Å²) < 4.78 is 5.75. The van der Waals surface area contributed by atoms with Crippen molar-refractivity contribution in [1.29, 1.82) is 0 Å². The van der Waals surface area contributed by atoms with E-state index in [0.29, 0.717) is 6.04 Å². The second-order valence-corrected chi connectivity index (χ2v) is 4.45.